The highest BCUT2D eigenvalue weighted by Crippen LogP contribution is 2.61. The Morgan fingerprint density at radius 1 is 1.23 bits per heavy atom. The molecule has 1 aromatic carbocycles. The fourth-order valence-electron chi connectivity index (χ4n) is 5.76. The highest BCUT2D eigenvalue weighted by molar-refractivity contribution is 5.59. The summed E-state index contributed by atoms with van der Waals surface area (Å²) in [6.07, 6.45) is 8.37. The maximum atomic E-state index is 10.4. The van der Waals surface area contributed by atoms with Crippen LogP contribution in [0.25, 0.3) is 6.08 Å². The molecule has 0 radical (unpaired) electrons. The summed E-state index contributed by atoms with van der Waals surface area (Å²) in [7, 11) is 0. The van der Waals surface area contributed by atoms with Crippen LogP contribution < -0.4 is 0 Å². The van der Waals surface area contributed by atoms with Crippen molar-refractivity contribution in [2.75, 3.05) is 0 Å². The number of fused-ring (bicyclic) bond motifs is 5. The van der Waals surface area contributed by atoms with Crippen molar-refractivity contribution < 1.29 is 10.2 Å². The van der Waals surface area contributed by atoms with E-state index in [1.807, 2.05) is 6.07 Å². The number of benzene rings is 1. The Morgan fingerprint density at radius 3 is 2.82 bits per heavy atom. The molecule has 2 saturated carbocycles. The van der Waals surface area contributed by atoms with Crippen molar-refractivity contribution >= 4 is 6.08 Å². The summed E-state index contributed by atoms with van der Waals surface area (Å²) >= 11 is 0. The van der Waals surface area contributed by atoms with Gasteiger partial charge in [0, 0.05) is 5.56 Å². The van der Waals surface area contributed by atoms with Gasteiger partial charge in [-0.2, -0.15) is 0 Å². The second kappa shape index (κ2) is 4.86. The predicted molar refractivity (Wildman–Crippen MR) is 88.8 cm³/mol. The molecule has 0 amide bonds. The lowest BCUT2D eigenvalue weighted by Crippen LogP contribution is -2.43. The van der Waals surface area contributed by atoms with E-state index < -0.39 is 0 Å². The topological polar surface area (TPSA) is 40.5 Å². The van der Waals surface area contributed by atoms with E-state index in [1.165, 1.54) is 30.4 Å². The molecule has 5 atom stereocenters. The van der Waals surface area contributed by atoms with Crippen molar-refractivity contribution in [2.24, 2.45) is 17.3 Å². The van der Waals surface area contributed by atoms with Gasteiger partial charge < -0.3 is 10.2 Å². The molecule has 1 aromatic rings. The zero-order valence-electron chi connectivity index (χ0n) is 13.4. The van der Waals surface area contributed by atoms with Gasteiger partial charge >= 0.3 is 0 Å². The molecule has 0 unspecified atom stereocenters. The van der Waals surface area contributed by atoms with Crippen LogP contribution in [-0.2, 0) is 6.42 Å². The van der Waals surface area contributed by atoms with Gasteiger partial charge in [0.1, 0.15) is 5.75 Å². The van der Waals surface area contributed by atoms with E-state index in [0.29, 0.717) is 23.5 Å². The lowest BCUT2D eigenvalue weighted by Gasteiger charge is -2.50. The van der Waals surface area contributed by atoms with Gasteiger partial charge in [-0.3, -0.25) is 0 Å². The molecule has 0 saturated heterocycles. The molecule has 2 fully saturated rings. The van der Waals surface area contributed by atoms with Crippen molar-refractivity contribution in [3.63, 3.8) is 0 Å². The molecular formula is C20H26O2. The smallest absolute Gasteiger partial charge is 0.123 e. The number of aryl methyl sites for hydroxylation is 1. The lowest BCUT2D eigenvalue weighted by atomic mass is 9.55. The molecule has 3 aliphatic carbocycles. The normalized spacial score (nSPS) is 39.7. The first-order valence-electron chi connectivity index (χ1n) is 8.71. The van der Waals surface area contributed by atoms with E-state index in [4.69, 9.17) is 0 Å². The number of phenols is 1. The van der Waals surface area contributed by atoms with Crippen LogP contribution in [0.4, 0.5) is 0 Å². The van der Waals surface area contributed by atoms with Gasteiger partial charge in [0.15, 0.2) is 0 Å². The van der Waals surface area contributed by atoms with Gasteiger partial charge in [-0.15, -0.1) is 0 Å². The Kier molecular flexibility index (Phi) is 3.16. The van der Waals surface area contributed by atoms with E-state index in [1.54, 1.807) is 6.08 Å². The molecule has 2 heteroatoms. The van der Waals surface area contributed by atoms with Crippen LogP contribution in [0.2, 0.25) is 0 Å². The summed E-state index contributed by atoms with van der Waals surface area (Å²) in [6.45, 7) is 6.14. The highest BCUT2D eigenvalue weighted by atomic mass is 16.3. The number of aliphatic hydroxyl groups is 1. The summed E-state index contributed by atoms with van der Waals surface area (Å²) in [5, 5.41) is 20.5. The summed E-state index contributed by atoms with van der Waals surface area (Å²) in [4.78, 5) is 0. The molecule has 0 aliphatic heterocycles. The molecule has 0 aromatic heterocycles. The summed E-state index contributed by atoms with van der Waals surface area (Å²) < 4.78 is 0. The largest absolute Gasteiger partial charge is 0.507 e. The average molecular weight is 298 g/mol. The maximum absolute atomic E-state index is 10.4. The van der Waals surface area contributed by atoms with E-state index in [9.17, 15) is 10.2 Å². The molecule has 22 heavy (non-hydrogen) atoms. The minimum atomic E-state index is -0.108. The van der Waals surface area contributed by atoms with E-state index >= 15 is 0 Å². The first-order chi connectivity index (χ1) is 10.5. The Hall–Kier alpha value is -1.28. The lowest BCUT2D eigenvalue weighted by molar-refractivity contribution is -0.0226. The van der Waals surface area contributed by atoms with Crippen LogP contribution >= 0.6 is 0 Å². The third-order valence-electron chi connectivity index (χ3n) is 7.04. The van der Waals surface area contributed by atoms with Gasteiger partial charge in [-0.1, -0.05) is 19.6 Å². The fraction of sp³-hybridized carbons (Fsp3) is 0.600. The zero-order chi connectivity index (χ0) is 15.5. The van der Waals surface area contributed by atoms with Gasteiger partial charge in [-0.25, -0.2) is 0 Å². The van der Waals surface area contributed by atoms with Crippen molar-refractivity contribution in [1.29, 1.82) is 0 Å². The van der Waals surface area contributed by atoms with Gasteiger partial charge in [0.05, 0.1) is 6.10 Å². The number of hydrogen-bond donors (Lipinski definition) is 2. The maximum Gasteiger partial charge on any atom is 0.123 e. The Balaban J connectivity index is 1.74. The van der Waals surface area contributed by atoms with Crippen LogP contribution in [-0.4, -0.2) is 16.3 Å². The number of aliphatic hydroxyl groups excluding tert-OH is 1. The second-order valence-corrected chi connectivity index (χ2v) is 7.87. The third kappa shape index (κ3) is 1.83. The predicted octanol–water partition coefficient (Wildman–Crippen LogP) is 4.25. The summed E-state index contributed by atoms with van der Waals surface area (Å²) in [5.41, 5.74) is 3.76. The molecule has 2 nitrogen and oxygen atoms in total. The van der Waals surface area contributed by atoms with Crippen LogP contribution in [0.1, 0.15) is 61.6 Å². The van der Waals surface area contributed by atoms with E-state index in [0.717, 1.165) is 24.8 Å². The fourth-order valence-corrected chi connectivity index (χ4v) is 5.76. The number of hydrogen-bond acceptors (Lipinski definition) is 2. The van der Waals surface area contributed by atoms with Crippen molar-refractivity contribution in [3.8, 4) is 5.75 Å². The van der Waals surface area contributed by atoms with Crippen molar-refractivity contribution in [3.05, 3.63) is 35.4 Å². The molecule has 0 bridgehead atoms. The van der Waals surface area contributed by atoms with Crippen molar-refractivity contribution in [2.45, 2.75) is 57.5 Å². The van der Waals surface area contributed by atoms with Crippen LogP contribution in [0.3, 0.4) is 0 Å². The minimum Gasteiger partial charge on any atom is -0.507 e. The Bertz CT molecular complexity index is 620. The monoisotopic (exact) mass is 298 g/mol. The molecule has 0 spiro atoms. The first-order valence-corrected chi connectivity index (χ1v) is 8.71. The van der Waals surface area contributed by atoms with Crippen molar-refractivity contribution in [1.82, 2.24) is 0 Å². The number of rotatable bonds is 1. The van der Waals surface area contributed by atoms with Gasteiger partial charge in [0.2, 0.25) is 0 Å². The molecule has 2 N–H and O–H groups in total. The molecular weight excluding hydrogens is 272 g/mol. The van der Waals surface area contributed by atoms with Gasteiger partial charge in [-0.05, 0) is 85.0 Å². The number of aromatic hydroxyl groups is 1. The van der Waals surface area contributed by atoms with Crippen LogP contribution in [0, 0.1) is 17.3 Å². The van der Waals surface area contributed by atoms with Crippen LogP contribution in [0.15, 0.2) is 18.7 Å². The first kappa shape index (κ1) is 14.3. The zero-order valence-corrected chi connectivity index (χ0v) is 13.4. The average Bonchev–Trinajstić information content (AvgIpc) is 2.82. The number of phenolic OH excluding ortho intramolecular Hbond substituents is 1. The quantitative estimate of drug-likeness (QED) is 0.813. The molecule has 0 heterocycles. The summed E-state index contributed by atoms with van der Waals surface area (Å²) in [6, 6.07) is 4.13. The molecule has 3 aliphatic rings. The second-order valence-electron chi connectivity index (χ2n) is 7.87. The highest BCUT2D eigenvalue weighted by Gasteiger charge is 2.54. The Morgan fingerprint density at radius 2 is 2.05 bits per heavy atom. The van der Waals surface area contributed by atoms with Gasteiger partial charge in [0.25, 0.3) is 0 Å². The molecule has 4 rings (SSSR count). The SMILES string of the molecule is C=Cc1cc2c(cc1O)CC[C@H]1[C@@H]2CC[C@@]2(C)[C@@H](O)CC[C@@H]12. The van der Waals surface area contributed by atoms with E-state index in [2.05, 4.69) is 19.6 Å². The standard InChI is InChI=1S/C20H26O2/c1-3-12-10-16-13(11-18(12)21)4-5-15-14(16)8-9-20(2)17(15)6-7-19(20)22/h3,10-11,14-15,17,19,21-22H,1,4-9H2,2H3/t14-,15-,17-,19-,20+/m0/s1. The molecule has 118 valence electrons. The Labute approximate surface area is 132 Å². The third-order valence-corrected chi connectivity index (χ3v) is 7.04. The minimum absolute atomic E-state index is 0.108. The van der Waals surface area contributed by atoms with Crippen LogP contribution in [0.5, 0.6) is 5.75 Å². The summed E-state index contributed by atoms with van der Waals surface area (Å²) in [5.74, 6) is 2.33. The van der Waals surface area contributed by atoms with E-state index in [-0.39, 0.29) is 11.5 Å².